The van der Waals surface area contributed by atoms with Crippen LogP contribution in [0.3, 0.4) is 0 Å². The van der Waals surface area contributed by atoms with Crippen LogP contribution in [0.1, 0.15) is 16.7 Å². The maximum Gasteiger partial charge on any atom is 0.240 e. The largest absolute Gasteiger partial charge is 0.350 e. The monoisotopic (exact) mass is 411 g/mol. The van der Waals surface area contributed by atoms with Crippen molar-refractivity contribution in [2.75, 3.05) is 14.1 Å². The molecule has 1 N–H and O–H groups in total. The van der Waals surface area contributed by atoms with Crippen LogP contribution in [0.5, 0.6) is 0 Å². The average Bonchev–Trinajstić information content (AvgIpc) is 3.02. The van der Waals surface area contributed by atoms with Gasteiger partial charge in [-0.25, -0.2) is 0 Å². The second kappa shape index (κ2) is 9.28. The molecule has 0 unspecified atom stereocenters. The lowest BCUT2D eigenvalue weighted by Crippen LogP contribution is -2.27. The van der Waals surface area contributed by atoms with Crippen LogP contribution in [0.25, 0.3) is 11.3 Å². The number of rotatable bonds is 7. The fourth-order valence-electron chi connectivity index (χ4n) is 2.96. The number of aryl methyl sites for hydroxylation is 1. The van der Waals surface area contributed by atoms with Gasteiger partial charge < -0.3 is 14.8 Å². The molecule has 2 aromatic carbocycles. The van der Waals surface area contributed by atoms with E-state index in [4.69, 9.17) is 12.2 Å². The summed E-state index contributed by atoms with van der Waals surface area (Å²) in [7, 11) is 4.10. The third kappa shape index (κ3) is 5.38. The molecule has 0 saturated carbocycles. The van der Waals surface area contributed by atoms with Crippen molar-refractivity contribution < 1.29 is 4.79 Å². The van der Waals surface area contributed by atoms with E-state index >= 15 is 0 Å². The zero-order chi connectivity index (χ0) is 20.1. The lowest BCUT2D eigenvalue weighted by molar-refractivity contribution is -0.121. The maximum atomic E-state index is 12.5. The van der Waals surface area contributed by atoms with Gasteiger partial charge in [0.25, 0.3) is 0 Å². The summed E-state index contributed by atoms with van der Waals surface area (Å²) < 4.78 is 2.61. The van der Waals surface area contributed by atoms with Crippen LogP contribution in [0.4, 0.5) is 0 Å². The average molecular weight is 412 g/mol. The number of hydrogen-bond donors (Lipinski definition) is 1. The first-order chi connectivity index (χ1) is 13.4. The summed E-state index contributed by atoms with van der Waals surface area (Å²) in [6, 6.07) is 16.6. The Balaban J connectivity index is 1.63. The van der Waals surface area contributed by atoms with Gasteiger partial charge in [-0.3, -0.25) is 4.79 Å². The summed E-state index contributed by atoms with van der Waals surface area (Å²) in [4.78, 5) is 14.6. The molecular formula is C22H25N3OS2. The molecule has 0 aliphatic heterocycles. The van der Waals surface area contributed by atoms with E-state index in [0.29, 0.717) is 10.5 Å². The second-order valence-electron chi connectivity index (χ2n) is 7.17. The highest BCUT2D eigenvalue weighted by Crippen LogP contribution is 2.24. The van der Waals surface area contributed by atoms with Crippen LogP contribution in [0.15, 0.2) is 53.9 Å². The molecule has 0 spiro atoms. The van der Waals surface area contributed by atoms with E-state index in [1.165, 1.54) is 22.5 Å². The van der Waals surface area contributed by atoms with Crippen LogP contribution in [-0.2, 0) is 24.4 Å². The fraction of sp³-hybridized carbons (Fsp3) is 0.273. The summed E-state index contributed by atoms with van der Waals surface area (Å²) in [5, 5.41) is 5.02. The van der Waals surface area contributed by atoms with Crippen LogP contribution in [0.2, 0.25) is 0 Å². The molecule has 0 bridgehead atoms. The van der Waals surface area contributed by atoms with Crippen molar-refractivity contribution in [2.45, 2.75) is 26.6 Å². The first kappa shape index (κ1) is 20.5. The quantitative estimate of drug-likeness (QED) is 0.576. The molecule has 0 saturated heterocycles. The Morgan fingerprint density at radius 3 is 2.36 bits per heavy atom. The molecule has 0 atom stereocenters. The normalized spacial score (nSPS) is 11.0. The maximum absolute atomic E-state index is 12.5. The van der Waals surface area contributed by atoms with Gasteiger partial charge in [0.2, 0.25) is 5.91 Å². The molecule has 1 amide bonds. The van der Waals surface area contributed by atoms with Crippen LogP contribution < -0.4 is 5.32 Å². The van der Waals surface area contributed by atoms with Crippen LogP contribution >= 0.6 is 23.6 Å². The molecule has 0 aliphatic carbocycles. The van der Waals surface area contributed by atoms with E-state index in [0.717, 1.165) is 23.4 Å². The Kier molecular flexibility index (Phi) is 6.78. The van der Waals surface area contributed by atoms with Gasteiger partial charge in [-0.05, 0) is 49.9 Å². The third-order valence-electron chi connectivity index (χ3n) is 4.44. The Bertz CT molecular complexity index is 986. The summed E-state index contributed by atoms with van der Waals surface area (Å²) in [5.74, 6) is -0.0415. The molecule has 146 valence electrons. The highest BCUT2D eigenvalue weighted by molar-refractivity contribution is 7.73. The van der Waals surface area contributed by atoms with Gasteiger partial charge in [0.05, 0.1) is 5.69 Å². The van der Waals surface area contributed by atoms with Crippen molar-refractivity contribution >= 4 is 29.5 Å². The third-order valence-corrected chi connectivity index (χ3v) is 5.72. The van der Waals surface area contributed by atoms with Gasteiger partial charge in [0.1, 0.15) is 6.54 Å². The number of benzene rings is 2. The van der Waals surface area contributed by atoms with Gasteiger partial charge in [-0.1, -0.05) is 54.1 Å². The molecule has 3 rings (SSSR count). The van der Waals surface area contributed by atoms with Crippen molar-refractivity contribution in [3.63, 3.8) is 0 Å². The molecule has 28 heavy (non-hydrogen) atoms. The summed E-state index contributed by atoms with van der Waals surface area (Å²) in [6.07, 6.45) is 0. The molecule has 0 aliphatic rings. The van der Waals surface area contributed by atoms with E-state index in [9.17, 15) is 4.79 Å². The second-order valence-corrected chi connectivity index (χ2v) is 8.67. The van der Waals surface area contributed by atoms with E-state index < -0.39 is 0 Å². The number of carbonyl (C=O) groups is 1. The lowest BCUT2D eigenvalue weighted by Gasteiger charge is -2.11. The zero-order valence-corrected chi connectivity index (χ0v) is 18.1. The van der Waals surface area contributed by atoms with E-state index in [1.807, 2.05) is 9.95 Å². The van der Waals surface area contributed by atoms with Crippen molar-refractivity contribution in [3.05, 3.63) is 74.6 Å². The molecule has 3 aromatic rings. The van der Waals surface area contributed by atoms with Crippen LogP contribution in [0, 0.1) is 10.9 Å². The Morgan fingerprint density at radius 1 is 1.07 bits per heavy atom. The summed E-state index contributed by atoms with van der Waals surface area (Å²) >= 11 is 6.93. The lowest BCUT2D eigenvalue weighted by atomic mass is 10.1. The van der Waals surface area contributed by atoms with Gasteiger partial charge in [-0.15, -0.1) is 11.3 Å². The summed E-state index contributed by atoms with van der Waals surface area (Å²) in [5.41, 5.74) is 5.61. The van der Waals surface area contributed by atoms with Gasteiger partial charge in [0.15, 0.2) is 3.95 Å². The van der Waals surface area contributed by atoms with Crippen molar-refractivity contribution in [1.29, 1.82) is 0 Å². The molecular weight excluding hydrogens is 386 g/mol. The number of nitrogens with one attached hydrogen (secondary N) is 1. The predicted molar refractivity (Wildman–Crippen MR) is 119 cm³/mol. The van der Waals surface area contributed by atoms with E-state index in [-0.39, 0.29) is 12.5 Å². The molecule has 1 heterocycles. The Morgan fingerprint density at radius 2 is 1.71 bits per heavy atom. The standard InChI is InChI=1S/C22H25N3OS2/c1-16-4-10-19(11-5-16)20-15-28-22(27)25(20)14-21(26)23-12-17-6-8-18(9-7-17)13-24(2)3/h4-11,15H,12-14H2,1-3H3,(H,23,26). The Hall–Kier alpha value is -2.28. The molecule has 0 radical (unpaired) electrons. The topological polar surface area (TPSA) is 37.3 Å². The van der Waals surface area contributed by atoms with Crippen LogP contribution in [-0.4, -0.2) is 29.5 Å². The number of hydrogen-bond acceptors (Lipinski definition) is 4. The highest BCUT2D eigenvalue weighted by atomic mass is 32.1. The fourth-order valence-corrected chi connectivity index (χ4v) is 4.03. The van der Waals surface area contributed by atoms with E-state index in [2.05, 4.69) is 79.8 Å². The molecule has 0 fully saturated rings. The Labute approximate surface area is 175 Å². The first-order valence-corrected chi connectivity index (χ1v) is 10.5. The van der Waals surface area contributed by atoms with Crippen molar-refractivity contribution in [1.82, 2.24) is 14.8 Å². The number of amides is 1. The number of thiazole rings is 1. The predicted octanol–water partition coefficient (Wildman–Crippen LogP) is 4.63. The molecule has 4 nitrogen and oxygen atoms in total. The first-order valence-electron chi connectivity index (χ1n) is 9.17. The minimum Gasteiger partial charge on any atom is -0.350 e. The van der Waals surface area contributed by atoms with Crippen molar-refractivity contribution in [2.24, 2.45) is 0 Å². The van der Waals surface area contributed by atoms with Gasteiger partial charge in [0, 0.05) is 18.5 Å². The number of carbonyl (C=O) groups excluding carboxylic acids is 1. The zero-order valence-electron chi connectivity index (χ0n) is 16.4. The molecule has 1 aromatic heterocycles. The highest BCUT2D eigenvalue weighted by Gasteiger charge is 2.11. The van der Waals surface area contributed by atoms with Crippen molar-refractivity contribution in [3.8, 4) is 11.3 Å². The number of aromatic nitrogens is 1. The van der Waals surface area contributed by atoms with E-state index in [1.54, 1.807) is 0 Å². The van der Waals surface area contributed by atoms with Gasteiger partial charge in [-0.2, -0.15) is 0 Å². The van der Waals surface area contributed by atoms with Gasteiger partial charge >= 0.3 is 0 Å². The smallest absolute Gasteiger partial charge is 0.240 e. The summed E-state index contributed by atoms with van der Waals surface area (Å²) in [6.45, 7) is 3.71. The molecule has 6 heteroatoms. The SMILES string of the molecule is Cc1ccc(-c2csc(=S)n2CC(=O)NCc2ccc(CN(C)C)cc2)cc1. The minimum atomic E-state index is -0.0415. The number of nitrogens with zero attached hydrogens (tertiary/aromatic N) is 2. The minimum absolute atomic E-state index is 0.0415.